The molecule has 0 amide bonds. The zero-order chi connectivity index (χ0) is 21.0. The molecule has 0 aromatic rings. The van der Waals surface area contributed by atoms with E-state index in [1.807, 2.05) is 0 Å². The molecule has 0 aromatic heterocycles. The van der Waals surface area contributed by atoms with Crippen molar-refractivity contribution >= 4 is 17.5 Å². The normalized spacial score (nSPS) is 25.4. The van der Waals surface area contributed by atoms with Gasteiger partial charge in [-0.15, -0.1) is 0 Å². The minimum Gasteiger partial charge on any atom is -0.394 e. The molecule has 3 heterocycles. The van der Waals surface area contributed by atoms with E-state index < -0.39 is 75.7 Å². The van der Waals surface area contributed by atoms with Gasteiger partial charge in [-0.1, -0.05) is 11.6 Å². The summed E-state index contributed by atoms with van der Waals surface area (Å²) < 4.78 is 43.2. The minimum atomic E-state index is -5.53. The van der Waals surface area contributed by atoms with Crippen LogP contribution in [0.3, 0.4) is 0 Å². The molecule has 0 saturated carbocycles. The van der Waals surface area contributed by atoms with Gasteiger partial charge in [0.2, 0.25) is 0 Å². The summed E-state index contributed by atoms with van der Waals surface area (Å²) in [6.45, 7) is -0.695. The van der Waals surface area contributed by atoms with Crippen molar-refractivity contribution in [3.63, 3.8) is 0 Å². The lowest BCUT2D eigenvalue weighted by Gasteiger charge is -2.22. The molecule has 28 heavy (non-hydrogen) atoms. The molecule has 4 atom stereocenters. The van der Waals surface area contributed by atoms with Crippen LogP contribution in [0.4, 0.5) is 13.2 Å². The van der Waals surface area contributed by atoms with E-state index in [4.69, 9.17) is 21.4 Å². The number of alkyl halides is 3. The third-order valence-corrected chi connectivity index (χ3v) is 4.14. The number of aliphatic hydroxyl groups excluding tert-OH is 3. The third-order valence-electron chi connectivity index (χ3n) is 3.96. The largest absolute Gasteiger partial charge is 0.472 e. The van der Waals surface area contributed by atoms with Crippen molar-refractivity contribution in [1.82, 2.24) is 19.1 Å². The zero-order valence-corrected chi connectivity index (χ0v) is 14.1. The van der Waals surface area contributed by atoms with E-state index >= 15 is 0 Å². The Morgan fingerprint density at radius 3 is 2.43 bits per heavy atom. The lowest BCUT2D eigenvalue weighted by Crippen LogP contribution is -2.47. The molecule has 0 spiro atoms. The Bertz CT molecular complexity index is 1020. The summed E-state index contributed by atoms with van der Waals surface area (Å²) >= 11 is 5.75. The fourth-order valence-electron chi connectivity index (χ4n) is 2.68. The summed E-state index contributed by atoms with van der Waals surface area (Å²) in [5.74, 6) is -3.42. The molecule has 3 N–H and O–H groups in total. The van der Waals surface area contributed by atoms with Crippen LogP contribution < -0.4 is 11.2 Å². The van der Waals surface area contributed by atoms with Gasteiger partial charge in [0.05, 0.1) is 6.61 Å². The van der Waals surface area contributed by atoms with E-state index in [1.54, 1.807) is 0 Å². The highest BCUT2D eigenvalue weighted by Crippen LogP contribution is 2.32. The molecule has 0 aromatic carbocycles. The first kappa shape index (κ1) is 20.3. The molecule has 15 heteroatoms. The molecule has 3 aliphatic heterocycles. The number of rotatable bonds is 2. The smallest absolute Gasteiger partial charge is 0.394 e. The van der Waals surface area contributed by atoms with Gasteiger partial charge in [-0.2, -0.15) is 22.7 Å². The van der Waals surface area contributed by atoms with E-state index in [0.29, 0.717) is 0 Å². The maximum Gasteiger partial charge on any atom is 0.472 e. The molecule has 11 nitrogen and oxygen atoms in total. The molecule has 3 rings (SSSR count). The first-order valence-corrected chi connectivity index (χ1v) is 7.80. The van der Waals surface area contributed by atoms with Crippen molar-refractivity contribution in [3.05, 3.63) is 32.2 Å². The maximum atomic E-state index is 12.6. The Morgan fingerprint density at radius 2 is 1.89 bits per heavy atom. The summed E-state index contributed by atoms with van der Waals surface area (Å²) in [4.78, 5) is 42.3. The number of aromatic nitrogens is 4. The van der Waals surface area contributed by atoms with Crippen LogP contribution in [0.5, 0.6) is 0 Å². The average Bonchev–Trinajstić information content (AvgIpc) is 2.89. The van der Waals surface area contributed by atoms with Crippen molar-refractivity contribution in [3.8, 4) is 11.5 Å². The Balaban J connectivity index is 2.25. The van der Waals surface area contributed by atoms with Crippen LogP contribution in [0, 0.1) is 0 Å². The van der Waals surface area contributed by atoms with Crippen molar-refractivity contribution in [2.24, 2.45) is 0 Å². The second-order valence-corrected chi connectivity index (χ2v) is 6.10. The predicted molar refractivity (Wildman–Crippen MR) is 81.9 cm³/mol. The van der Waals surface area contributed by atoms with Gasteiger partial charge in [0.25, 0.3) is 5.56 Å². The Kier molecular flexibility index (Phi) is 5.01. The number of carbonyl (C=O) groups is 1. The van der Waals surface area contributed by atoms with E-state index in [-0.39, 0.29) is 0 Å². The van der Waals surface area contributed by atoms with Crippen LogP contribution in [0.25, 0.3) is 11.5 Å². The summed E-state index contributed by atoms with van der Waals surface area (Å²) in [5, 5.41) is 28.6. The Labute approximate surface area is 156 Å². The number of aliphatic hydroxyl groups is 3. The van der Waals surface area contributed by atoms with Gasteiger partial charge in [0, 0.05) is 6.20 Å². The van der Waals surface area contributed by atoms with Crippen LogP contribution in [0.15, 0.2) is 15.8 Å². The van der Waals surface area contributed by atoms with Gasteiger partial charge in [-0.25, -0.2) is 9.78 Å². The van der Waals surface area contributed by atoms with Crippen LogP contribution in [0.2, 0.25) is 5.15 Å². The van der Waals surface area contributed by atoms with Gasteiger partial charge < -0.3 is 20.1 Å². The van der Waals surface area contributed by atoms with Gasteiger partial charge >= 0.3 is 17.8 Å². The topological polar surface area (TPSA) is 157 Å². The fraction of sp³-hybridized carbons (Fsp3) is 0.462. The van der Waals surface area contributed by atoms with Crippen molar-refractivity contribution < 1.29 is 38.0 Å². The van der Waals surface area contributed by atoms with Crippen molar-refractivity contribution in [2.45, 2.75) is 30.7 Å². The molecule has 1 fully saturated rings. The van der Waals surface area contributed by atoms with E-state index in [1.165, 1.54) is 0 Å². The molecule has 0 bridgehead atoms. The summed E-state index contributed by atoms with van der Waals surface area (Å²) in [6, 6.07) is 0. The Hall–Kier alpha value is -2.39. The number of hydrogen-bond acceptors (Lipinski definition) is 9. The molecule has 0 radical (unpaired) electrons. The number of carbonyl (C=O) groups excluding carboxylic acids is 1. The van der Waals surface area contributed by atoms with Crippen LogP contribution in [-0.4, -0.2) is 71.4 Å². The summed E-state index contributed by atoms with van der Waals surface area (Å²) in [6.07, 6.45) is -10.6. The lowest BCUT2D eigenvalue weighted by atomic mass is 10.1. The molecule has 0 aliphatic carbocycles. The molecule has 0 unspecified atom stereocenters. The number of fused-ring (bicyclic) bond motifs is 1. The predicted octanol–water partition coefficient (Wildman–Crippen LogP) is -1.63. The summed E-state index contributed by atoms with van der Waals surface area (Å²) in [7, 11) is 0. The molecular formula is C13H10ClF3N4O7. The minimum absolute atomic E-state index is 0.478. The lowest BCUT2D eigenvalue weighted by molar-refractivity contribution is -0.0952. The summed E-state index contributed by atoms with van der Waals surface area (Å²) in [5.41, 5.74) is -4.47. The standard InChI is InChI=1S/C13H10ClF3N4O7/c14-4-1-20(10-7(24)6(23)3(2-22)28-10)8-5(18-4)9(25)21(12(27)19-8)11(26)13(15,16)17/h1,3,6-7,10,22-24H,2H2/t3-,6-,7-,10+/m1/s1. The van der Waals surface area contributed by atoms with Crippen LogP contribution in [0.1, 0.15) is 11.0 Å². The SMILES string of the molecule is O=C(n1c(=O)nc2n([C@H]3O[C@H](CO)[C@@H](O)[C@H]3O)cc(Cl)nc-2c1=O)C(F)(F)F. The van der Waals surface area contributed by atoms with Crippen molar-refractivity contribution in [1.29, 1.82) is 0 Å². The Morgan fingerprint density at radius 1 is 1.25 bits per heavy atom. The molecular weight excluding hydrogens is 417 g/mol. The van der Waals surface area contributed by atoms with Gasteiger partial charge in [0.15, 0.2) is 17.7 Å². The number of nitrogens with zero attached hydrogens (tertiary/aromatic N) is 4. The van der Waals surface area contributed by atoms with Gasteiger partial charge in [-0.05, 0) is 0 Å². The first-order valence-electron chi connectivity index (χ1n) is 7.42. The number of ether oxygens (including phenoxy) is 1. The highest BCUT2D eigenvalue weighted by atomic mass is 35.5. The monoisotopic (exact) mass is 426 g/mol. The van der Waals surface area contributed by atoms with Gasteiger partial charge in [-0.3, -0.25) is 14.2 Å². The average molecular weight is 427 g/mol. The quantitative estimate of drug-likeness (QED) is 0.513. The zero-order valence-electron chi connectivity index (χ0n) is 13.4. The third kappa shape index (κ3) is 3.18. The molecule has 152 valence electrons. The van der Waals surface area contributed by atoms with Crippen molar-refractivity contribution in [2.75, 3.05) is 6.61 Å². The molecule has 3 aliphatic rings. The second-order valence-electron chi connectivity index (χ2n) is 5.71. The fourth-order valence-corrected chi connectivity index (χ4v) is 2.87. The number of halogens is 4. The second kappa shape index (κ2) is 6.89. The first-order chi connectivity index (χ1) is 13.0. The molecule has 1 saturated heterocycles. The maximum absolute atomic E-state index is 12.6. The number of hydrogen-bond donors (Lipinski definition) is 3. The van der Waals surface area contributed by atoms with E-state index in [9.17, 15) is 37.8 Å². The van der Waals surface area contributed by atoms with Crippen LogP contribution in [-0.2, 0) is 4.74 Å². The van der Waals surface area contributed by atoms with E-state index in [2.05, 4.69) is 9.97 Å². The van der Waals surface area contributed by atoms with Gasteiger partial charge in [0.1, 0.15) is 23.5 Å². The van der Waals surface area contributed by atoms with E-state index in [0.717, 1.165) is 10.8 Å². The highest BCUT2D eigenvalue weighted by Gasteiger charge is 2.46. The van der Waals surface area contributed by atoms with Crippen LogP contribution >= 0.6 is 11.6 Å². The highest BCUT2D eigenvalue weighted by molar-refractivity contribution is 6.29.